The number of carbonyl (C=O) groups is 2. The van der Waals surface area contributed by atoms with Crippen LogP contribution in [0, 0.1) is 11.3 Å². The molecule has 1 fully saturated rings. The van der Waals surface area contributed by atoms with Crippen LogP contribution in [0.2, 0.25) is 0 Å². The van der Waals surface area contributed by atoms with Crippen molar-refractivity contribution in [3.8, 4) is 23.3 Å². The lowest BCUT2D eigenvalue weighted by molar-refractivity contribution is -0.134. The Labute approximate surface area is 192 Å². The molecule has 2 aromatic rings. The van der Waals surface area contributed by atoms with Crippen LogP contribution in [0.25, 0.3) is 6.08 Å². The minimum atomic E-state index is -0.396. The Bertz CT molecular complexity index is 1050. The summed E-state index contributed by atoms with van der Waals surface area (Å²) in [6, 6.07) is 14.3. The molecule has 0 radical (unpaired) electrons. The van der Waals surface area contributed by atoms with Gasteiger partial charge in [0.25, 0.3) is 5.91 Å². The third kappa shape index (κ3) is 6.57. The molecule has 1 aliphatic rings. The molecule has 0 unspecified atom stereocenters. The van der Waals surface area contributed by atoms with Crippen molar-refractivity contribution in [3.63, 3.8) is 0 Å². The van der Waals surface area contributed by atoms with E-state index in [-0.39, 0.29) is 23.7 Å². The lowest BCUT2D eigenvalue weighted by Gasteiger charge is -2.26. The van der Waals surface area contributed by atoms with Gasteiger partial charge in [-0.2, -0.15) is 5.26 Å². The van der Waals surface area contributed by atoms with Crippen molar-refractivity contribution >= 4 is 18.0 Å². The zero-order valence-corrected chi connectivity index (χ0v) is 18.7. The molecule has 172 valence electrons. The van der Waals surface area contributed by atoms with Crippen LogP contribution in [0.5, 0.6) is 17.2 Å². The van der Waals surface area contributed by atoms with E-state index in [1.807, 2.05) is 30.3 Å². The molecule has 2 aromatic carbocycles. The van der Waals surface area contributed by atoms with Crippen LogP contribution in [-0.4, -0.2) is 57.3 Å². The molecule has 0 aromatic heterocycles. The van der Waals surface area contributed by atoms with Crippen molar-refractivity contribution in [3.05, 3.63) is 59.2 Å². The summed E-state index contributed by atoms with van der Waals surface area (Å²) in [6.07, 6.45) is 2.22. The topological polar surface area (TPSA) is 98.1 Å². The van der Waals surface area contributed by atoms with Crippen LogP contribution in [0.3, 0.4) is 0 Å². The number of rotatable bonds is 8. The first-order chi connectivity index (χ1) is 16.0. The number of hydrogen-bond acceptors (Lipinski definition) is 7. The number of morpholine rings is 1. The summed E-state index contributed by atoms with van der Waals surface area (Å²) >= 11 is 0. The van der Waals surface area contributed by atoms with Gasteiger partial charge in [-0.05, 0) is 47.9 Å². The Balaban J connectivity index is 1.65. The van der Waals surface area contributed by atoms with Gasteiger partial charge in [0, 0.05) is 19.5 Å². The molecular weight excluding hydrogens is 424 g/mol. The summed E-state index contributed by atoms with van der Waals surface area (Å²) < 4.78 is 21.2. The Morgan fingerprint density at radius 2 is 1.79 bits per heavy atom. The van der Waals surface area contributed by atoms with Crippen LogP contribution >= 0.6 is 0 Å². The van der Waals surface area contributed by atoms with Gasteiger partial charge in [-0.25, -0.2) is 0 Å². The van der Waals surface area contributed by atoms with Crippen LogP contribution in [0.4, 0.5) is 0 Å². The maximum atomic E-state index is 12.6. The number of nitriles is 1. The Kier molecular flexibility index (Phi) is 8.44. The lowest BCUT2D eigenvalue weighted by atomic mass is 10.1. The molecule has 1 aliphatic heterocycles. The predicted molar refractivity (Wildman–Crippen MR) is 121 cm³/mol. The summed E-state index contributed by atoms with van der Waals surface area (Å²) in [5.74, 6) is 0.623. The van der Waals surface area contributed by atoms with Crippen molar-refractivity contribution in [2.24, 2.45) is 0 Å². The standard InChI is InChI=1S/C25H26N2O6/c1-30-21-7-3-18(4-8-21)6-10-24(28)33-22-9-5-19(16-23(22)31-2)15-20(17-26)25(29)27-11-13-32-14-12-27/h3-5,7-9,15-16H,6,10-14H2,1-2H3/b20-15+. The maximum Gasteiger partial charge on any atom is 0.311 e. The van der Waals surface area contributed by atoms with Gasteiger partial charge in [-0.15, -0.1) is 0 Å². The molecule has 0 bridgehead atoms. The minimum Gasteiger partial charge on any atom is -0.497 e. The molecule has 0 N–H and O–H groups in total. The average Bonchev–Trinajstić information content (AvgIpc) is 2.87. The third-order valence-electron chi connectivity index (χ3n) is 5.15. The summed E-state index contributed by atoms with van der Waals surface area (Å²) in [7, 11) is 3.06. The quantitative estimate of drug-likeness (QED) is 0.264. The fraction of sp³-hybridized carbons (Fsp3) is 0.320. The minimum absolute atomic E-state index is 0.0168. The molecule has 8 heteroatoms. The van der Waals surface area contributed by atoms with Gasteiger partial charge >= 0.3 is 5.97 Å². The number of carbonyl (C=O) groups excluding carboxylic acids is 2. The van der Waals surface area contributed by atoms with E-state index in [2.05, 4.69) is 0 Å². The number of ether oxygens (including phenoxy) is 4. The SMILES string of the molecule is COc1ccc(CCC(=O)Oc2ccc(/C=C(\C#N)C(=O)N3CCOCC3)cc2OC)cc1. The zero-order valence-electron chi connectivity index (χ0n) is 18.7. The van der Waals surface area contributed by atoms with Crippen molar-refractivity contribution in [2.45, 2.75) is 12.8 Å². The number of hydrogen-bond donors (Lipinski definition) is 0. The van der Waals surface area contributed by atoms with Crippen LogP contribution in [-0.2, 0) is 20.7 Å². The van der Waals surface area contributed by atoms with E-state index in [4.69, 9.17) is 18.9 Å². The van der Waals surface area contributed by atoms with E-state index in [1.54, 1.807) is 30.2 Å². The summed E-state index contributed by atoms with van der Waals surface area (Å²) in [4.78, 5) is 26.5. The molecule has 33 heavy (non-hydrogen) atoms. The molecule has 1 amide bonds. The highest BCUT2D eigenvalue weighted by atomic mass is 16.6. The van der Waals surface area contributed by atoms with Crippen LogP contribution in [0.1, 0.15) is 17.5 Å². The second-order valence-electron chi connectivity index (χ2n) is 7.31. The smallest absolute Gasteiger partial charge is 0.311 e. The molecular formula is C25H26N2O6. The third-order valence-corrected chi connectivity index (χ3v) is 5.15. The van der Waals surface area contributed by atoms with Gasteiger partial charge in [0.2, 0.25) is 0 Å². The first-order valence-corrected chi connectivity index (χ1v) is 10.5. The van der Waals surface area contributed by atoms with Crippen molar-refractivity contribution in [1.82, 2.24) is 4.90 Å². The van der Waals surface area contributed by atoms with E-state index in [9.17, 15) is 14.9 Å². The normalized spacial score (nSPS) is 13.7. The largest absolute Gasteiger partial charge is 0.497 e. The number of methoxy groups -OCH3 is 2. The second-order valence-corrected chi connectivity index (χ2v) is 7.31. The van der Waals surface area contributed by atoms with Crippen molar-refractivity contribution in [1.29, 1.82) is 5.26 Å². The number of amides is 1. The molecule has 3 rings (SSSR count). The van der Waals surface area contributed by atoms with E-state index in [0.29, 0.717) is 44.0 Å². The lowest BCUT2D eigenvalue weighted by Crippen LogP contribution is -2.41. The summed E-state index contributed by atoms with van der Waals surface area (Å²) in [6.45, 7) is 1.81. The molecule has 8 nitrogen and oxygen atoms in total. The van der Waals surface area contributed by atoms with Crippen molar-refractivity contribution in [2.75, 3.05) is 40.5 Å². The number of benzene rings is 2. The van der Waals surface area contributed by atoms with Gasteiger partial charge in [-0.1, -0.05) is 18.2 Å². The first-order valence-electron chi connectivity index (χ1n) is 10.5. The number of aryl methyl sites for hydroxylation is 1. The van der Waals surface area contributed by atoms with Gasteiger partial charge in [0.15, 0.2) is 11.5 Å². The number of nitrogens with zero attached hydrogens (tertiary/aromatic N) is 2. The Morgan fingerprint density at radius 3 is 2.42 bits per heavy atom. The maximum absolute atomic E-state index is 12.6. The monoisotopic (exact) mass is 450 g/mol. The van der Waals surface area contributed by atoms with Crippen molar-refractivity contribution < 1.29 is 28.5 Å². The molecule has 0 saturated carbocycles. The van der Waals surface area contributed by atoms with Crippen LogP contribution < -0.4 is 14.2 Å². The van der Waals surface area contributed by atoms with Gasteiger partial charge < -0.3 is 23.8 Å². The second kappa shape index (κ2) is 11.7. The zero-order chi connectivity index (χ0) is 23.6. The molecule has 0 spiro atoms. The highest BCUT2D eigenvalue weighted by molar-refractivity contribution is 6.01. The predicted octanol–water partition coefficient (Wildman–Crippen LogP) is 3.01. The molecule has 1 saturated heterocycles. The van der Waals surface area contributed by atoms with E-state index >= 15 is 0 Å². The fourth-order valence-corrected chi connectivity index (χ4v) is 3.32. The van der Waals surface area contributed by atoms with Gasteiger partial charge in [-0.3, -0.25) is 9.59 Å². The van der Waals surface area contributed by atoms with Crippen LogP contribution in [0.15, 0.2) is 48.0 Å². The average molecular weight is 450 g/mol. The van der Waals surface area contributed by atoms with Gasteiger partial charge in [0.1, 0.15) is 17.4 Å². The number of esters is 1. The fourth-order valence-electron chi connectivity index (χ4n) is 3.32. The van der Waals surface area contributed by atoms with Gasteiger partial charge in [0.05, 0.1) is 27.4 Å². The highest BCUT2D eigenvalue weighted by Crippen LogP contribution is 2.29. The van der Waals surface area contributed by atoms with E-state index in [0.717, 1.165) is 11.3 Å². The highest BCUT2D eigenvalue weighted by Gasteiger charge is 2.21. The Morgan fingerprint density at radius 1 is 1.06 bits per heavy atom. The molecule has 0 aliphatic carbocycles. The van der Waals surface area contributed by atoms with E-state index < -0.39 is 5.97 Å². The first kappa shape index (κ1) is 23.8. The van der Waals surface area contributed by atoms with E-state index in [1.165, 1.54) is 13.2 Å². The Hall–Kier alpha value is -3.83. The molecule has 0 atom stereocenters. The summed E-state index contributed by atoms with van der Waals surface area (Å²) in [5, 5.41) is 9.47. The molecule has 1 heterocycles. The summed E-state index contributed by atoms with van der Waals surface area (Å²) in [5.41, 5.74) is 1.60.